The van der Waals surface area contributed by atoms with E-state index in [-0.39, 0.29) is 5.97 Å². The van der Waals surface area contributed by atoms with E-state index in [1.807, 2.05) is 12.1 Å². The number of halogens is 1. The fraction of sp³-hybridized carbons (Fsp3) is 0.636. The number of ether oxygens (including phenoxy) is 1. The summed E-state index contributed by atoms with van der Waals surface area (Å²) in [4.78, 5) is 11.1. The van der Waals surface area contributed by atoms with Crippen LogP contribution >= 0.6 is 22.6 Å². The van der Waals surface area contributed by atoms with Crippen molar-refractivity contribution in [1.82, 2.24) is 0 Å². The van der Waals surface area contributed by atoms with E-state index in [0.29, 0.717) is 28.0 Å². The number of anilines is 1. The fourth-order valence-electron chi connectivity index (χ4n) is 3.54. The van der Waals surface area contributed by atoms with E-state index in [1.165, 1.54) is 45.4 Å². The third kappa shape index (κ3) is 9.31. The van der Waals surface area contributed by atoms with Crippen LogP contribution in [0.1, 0.15) is 77.7 Å². The van der Waals surface area contributed by atoms with Gasteiger partial charge in [0.25, 0.3) is 7.28 Å². The summed E-state index contributed by atoms with van der Waals surface area (Å²) in [6.07, 6.45) is 10.5. The third-order valence-electron chi connectivity index (χ3n) is 5.19. The maximum absolute atomic E-state index is 11.1. The zero-order valence-corrected chi connectivity index (χ0v) is 19.8. The van der Waals surface area contributed by atoms with Crippen LogP contribution in [0.4, 0.5) is 5.69 Å². The van der Waals surface area contributed by atoms with Gasteiger partial charge in [0.05, 0.1) is 5.69 Å². The Labute approximate surface area is 185 Å². The molecule has 0 aliphatic carbocycles. The summed E-state index contributed by atoms with van der Waals surface area (Å²) in [5.41, 5.74) is 7.59. The van der Waals surface area contributed by atoms with E-state index < -0.39 is 0 Å². The van der Waals surface area contributed by atoms with Crippen LogP contribution in [-0.2, 0) is 11.2 Å². The molecule has 2 N–H and O–H groups in total. The zero-order chi connectivity index (χ0) is 21.0. The summed E-state index contributed by atoms with van der Waals surface area (Å²) < 4.78 is 5.45. The number of esters is 1. The van der Waals surface area contributed by atoms with Crippen LogP contribution in [-0.4, -0.2) is 16.7 Å². The lowest BCUT2D eigenvalue weighted by atomic mass is 9.61. The highest BCUT2D eigenvalue weighted by Crippen LogP contribution is 2.38. The van der Waals surface area contributed by atoms with Gasteiger partial charge in [0.1, 0.15) is 0 Å². The summed E-state index contributed by atoms with van der Waals surface area (Å²) in [7, 11) is 0.555. The minimum Gasteiger partial charge on any atom is -0.425 e. The molecule has 0 heterocycles. The van der Waals surface area contributed by atoms with E-state index >= 15 is 0 Å². The molecule has 0 aromatic heterocycles. The number of carbonyl (C=O) groups is 1. The molecule has 0 fully saturated rings. The van der Waals surface area contributed by atoms with Crippen LogP contribution in [0.15, 0.2) is 18.2 Å². The quantitative estimate of drug-likeness (QED) is 0.0939. The van der Waals surface area contributed by atoms with Crippen LogP contribution in [0.2, 0.25) is 5.82 Å². The zero-order valence-electron chi connectivity index (χ0n) is 17.6. The molecule has 0 saturated heterocycles. The fourth-order valence-corrected chi connectivity index (χ4v) is 4.61. The first-order valence-corrected chi connectivity index (χ1v) is 11.5. The van der Waals surface area contributed by atoms with Crippen molar-refractivity contribution in [1.29, 1.82) is 5.26 Å². The first-order valence-electron chi connectivity index (χ1n) is 10.5. The van der Waals surface area contributed by atoms with Gasteiger partial charge >= 0.3 is 5.97 Å². The van der Waals surface area contributed by atoms with Gasteiger partial charge < -0.3 is 10.5 Å². The standard InChI is InChI=1S/C22H34BIN2O2/c1-4-6-11-22(24,12-7-5-2)13-10-19(23-16-25)14-18-8-9-21(20(26)15-18)28-17(3)27/h8-9,15,19,23H,4-7,10-14,26H2,1-3H3. The van der Waals surface area contributed by atoms with Crippen molar-refractivity contribution >= 4 is 41.5 Å². The smallest absolute Gasteiger partial charge is 0.308 e. The number of nitrogen functional groups attached to an aromatic ring is 1. The van der Waals surface area contributed by atoms with E-state index in [9.17, 15) is 10.1 Å². The van der Waals surface area contributed by atoms with E-state index in [2.05, 4.69) is 42.4 Å². The molecule has 0 spiro atoms. The Morgan fingerprint density at radius 3 is 2.43 bits per heavy atom. The average molecular weight is 496 g/mol. The van der Waals surface area contributed by atoms with Crippen LogP contribution in [0, 0.1) is 11.2 Å². The average Bonchev–Trinajstić information content (AvgIpc) is 2.65. The lowest BCUT2D eigenvalue weighted by Gasteiger charge is -2.29. The summed E-state index contributed by atoms with van der Waals surface area (Å²) in [6, 6.07) is 5.57. The molecule has 154 valence electrons. The van der Waals surface area contributed by atoms with Crippen molar-refractivity contribution in [3.8, 4) is 11.7 Å². The van der Waals surface area contributed by atoms with Crippen LogP contribution < -0.4 is 10.5 Å². The van der Waals surface area contributed by atoms with Crippen molar-refractivity contribution < 1.29 is 9.53 Å². The predicted molar refractivity (Wildman–Crippen MR) is 127 cm³/mol. The Balaban J connectivity index is 2.77. The Bertz CT molecular complexity index is 652. The SMILES string of the molecule is CCCCC(I)(CCCC)CCC(BC#N)Cc1ccc(OC(C)=O)c(N)c1. The molecule has 1 unspecified atom stereocenters. The molecule has 0 aliphatic heterocycles. The van der Waals surface area contributed by atoms with Crippen LogP contribution in [0.3, 0.4) is 0 Å². The highest BCUT2D eigenvalue weighted by molar-refractivity contribution is 14.1. The van der Waals surface area contributed by atoms with Crippen molar-refractivity contribution in [3.05, 3.63) is 23.8 Å². The van der Waals surface area contributed by atoms with Gasteiger partial charge in [-0.15, -0.1) is 0 Å². The molecule has 0 saturated carbocycles. The first kappa shape index (κ1) is 24.8. The second-order valence-corrected chi connectivity index (χ2v) is 10.1. The molecule has 0 aliphatic rings. The van der Waals surface area contributed by atoms with Gasteiger partial charge in [-0.05, 0) is 55.2 Å². The number of unbranched alkanes of at least 4 members (excludes halogenated alkanes) is 2. The van der Waals surface area contributed by atoms with Gasteiger partial charge in [0.2, 0.25) is 0 Å². The maximum atomic E-state index is 11.1. The molecule has 1 aromatic rings. The van der Waals surface area contributed by atoms with E-state index in [1.54, 1.807) is 6.07 Å². The van der Waals surface area contributed by atoms with Crippen molar-refractivity contribution in [2.75, 3.05) is 5.73 Å². The van der Waals surface area contributed by atoms with Crippen LogP contribution in [0.25, 0.3) is 0 Å². The highest BCUT2D eigenvalue weighted by atomic mass is 127. The number of nitrogens with zero attached hydrogens (tertiary/aromatic N) is 1. The van der Waals surface area contributed by atoms with Gasteiger partial charge in [0, 0.05) is 10.3 Å². The third-order valence-corrected chi connectivity index (χ3v) is 6.81. The summed E-state index contributed by atoms with van der Waals surface area (Å²) in [5, 5.41) is 9.29. The molecular weight excluding hydrogens is 462 g/mol. The maximum Gasteiger partial charge on any atom is 0.308 e. The van der Waals surface area contributed by atoms with Crippen molar-refractivity contribution in [2.45, 2.75) is 87.8 Å². The number of alkyl halides is 1. The number of benzene rings is 1. The number of carbonyl (C=O) groups excluding carboxylic acids is 1. The molecule has 4 nitrogen and oxygen atoms in total. The first-order chi connectivity index (χ1) is 13.3. The van der Waals surface area contributed by atoms with Gasteiger partial charge in [0.15, 0.2) is 5.75 Å². The Kier molecular flexibility index (Phi) is 11.6. The summed E-state index contributed by atoms with van der Waals surface area (Å²) in [5.74, 6) is 2.71. The largest absolute Gasteiger partial charge is 0.425 e. The van der Waals surface area contributed by atoms with Crippen molar-refractivity contribution in [3.63, 3.8) is 0 Å². The number of nitriles is 1. The molecule has 1 rings (SSSR count). The molecule has 6 heteroatoms. The van der Waals surface area contributed by atoms with Gasteiger partial charge in [-0.1, -0.05) is 74.6 Å². The normalized spacial score (nSPS) is 12.2. The van der Waals surface area contributed by atoms with Gasteiger partial charge in [-0.2, -0.15) is 0 Å². The topological polar surface area (TPSA) is 76.1 Å². The molecular formula is C22H34BIN2O2. The highest BCUT2D eigenvalue weighted by Gasteiger charge is 2.27. The number of hydrogen-bond acceptors (Lipinski definition) is 4. The minimum absolute atomic E-state index is 0.321. The molecule has 28 heavy (non-hydrogen) atoms. The Morgan fingerprint density at radius 2 is 1.93 bits per heavy atom. The lowest BCUT2D eigenvalue weighted by molar-refractivity contribution is -0.131. The predicted octanol–water partition coefficient (Wildman–Crippen LogP) is 5.78. The monoisotopic (exact) mass is 496 g/mol. The number of nitrogens with two attached hydrogens (primary N) is 1. The van der Waals surface area contributed by atoms with Gasteiger partial charge in [-0.3, -0.25) is 4.79 Å². The molecule has 0 bridgehead atoms. The lowest BCUT2D eigenvalue weighted by Crippen LogP contribution is -2.22. The minimum atomic E-state index is -0.376. The summed E-state index contributed by atoms with van der Waals surface area (Å²) >= 11 is 2.68. The molecule has 1 aromatic carbocycles. The Hall–Kier alpha value is -1.23. The molecule has 0 amide bonds. The summed E-state index contributed by atoms with van der Waals surface area (Å²) in [6.45, 7) is 5.86. The number of rotatable bonds is 13. The number of hydrogen-bond donors (Lipinski definition) is 1. The van der Waals surface area contributed by atoms with E-state index in [4.69, 9.17) is 10.5 Å². The Morgan fingerprint density at radius 1 is 1.29 bits per heavy atom. The van der Waals surface area contributed by atoms with Crippen LogP contribution in [0.5, 0.6) is 5.75 Å². The van der Waals surface area contributed by atoms with E-state index in [0.717, 1.165) is 24.8 Å². The second-order valence-electron chi connectivity index (χ2n) is 7.79. The van der Waals surface area contributed by atoms with Crippen molar-refractivity contribution in [2.24, 2.45) is 0 Å². The molecule has 1 atom stereocenters. The molecule has 0 radical (unpaired) electrons. The second kappa shape index (κ2) is 13.1. The van der Waals surface area contributed by atoms with Gasteiger partial charge in [-0.25, -0.2) is 5.26 Å².